The number of carbonyl (C=O) groups excluding carboxylic acids is 2. The van der Waals surface area contributed by atoms with Crippen LogP contribution in [0.25, 0.3) is 0 Å². The maximum Gasteiger partial charge on any atom is 0.329 e. The molecule has 0 heterocycles. The van der Waals surface area contributed by atoms with Gasteiger partial charge in [0.1, 0.15) is 12.1 Å². The van der Waals surface area contributed by atoms with Crippen LogP contribution in [0.4, 0.5) is 0 Å². The third-order valence-electron chi connectivity index (χ3n) is 2.77. The topological polar surface area (TPSA) is 79.2 Å². The molecule has 1 rings (SSSR count). The Morgan fingerprint density at radius 3 is 2.65 bits per heavy atom. The molecule has 0 aromatic heterocycles. The van der Waals surface area contributed by atoms with E-state index in [1.54, 1.807) is 38.1 Å². The highest BCUT2D eigenvalue weighted by molar-refractivity contribution is 5.97. The highest BCUT2D eigenvalue weighted by atomic mass is 16.5. The minimum Gasteiger partial charge on any atom is -0.449 e. The third-order valence-corrected chi connectivity index (χ3v) is 2.77. The van der Waals surface area contributed by atoms with Crippen LogP contribution in [0, 0.1) is 24.2 Å². The van der Waals surface area contributed by atoms with Crippen LogP contribution in [0.5, 0.6) is 0 Å². The molecule has 0 unspecified atom stereocenters. The van der Waals surface area contributed by atoms with Gasteiger partial charge in [-0.05, 0) is 25.0 Å². The number of hydrogen-bond acceptors (Lipinski definition) is 4. The quantitative estimate of drug-likeness (QED) is 0.830. The third kappa shape index (κ3) is 4.39. The SMILES string of the molecule is Cc1cccc(C(=O)N[C@H](C(=O)OCC#N)C(C)C)c1. The summed E-state index contributed by atoms with van der Waals surface area (Å²) in [4.78, 5) is 23.9. The molecule has 1 aromatic rings. The van der Waals surface area contributed by atoms with Crippen molar-refractivity contribution >= 4 is 11.9 Å². The fourth-order valence-electron chi connectivity index (χ4n) is 1.70. The van der Waals surface area contributed by atoms with Gasteiger partial charge in [0.15, 0.2) is 6.61 Å². The number of nitrogens with zero attached hydrogens (tertiary/aromatic N) is 1. The number of benzene rings is 1. The van der Waals surface area contributed by atoms with E-state index in [-0.39, 0.29) is 18.4 Å². The average molecular weight is 274 g/mol. The number of hydrogen-bond donors (Lipinski definition) is 1. The Bertz CT molecular complexity index is 532. The van der Waals surface area contributed by atoms with Gasteiger partial charge in [-0.3, -0.25) is 4.79 Å². The summed E-state index contributed by atoms with van der Waals surface area (Å²) in [6, 6.07) is 8.05. The van der Waals surface area contributed by atoms with Crippen molar-refractivity contribution in [2.24, 2.45) is 5.92 Å². The first-order valence-corrected chi connectivity index (χ1v) is 6.36. The van der Waals surface area contributed by atoms with Gasteiger partial charge in [-0.1, -0.05) is 31.5 Å². The van der Waals surface area contributed by atoms with Crippen molar-refractivity contribution in [3.8, 4) is 6.07 Å². The molecular weight excluding hydrogens is 256 g/mol. The minimum absolute atomic E-state index is 0.130. The number of nitrogens with one attached hydrogen (secondary N) is 1. The van der Waals surface area contributed by atoms with Gasteiger partial charge in [0, 0.05) is 5.56 Å². The molecule has 0 saturated heterocycles. The summed E-state index contributed by atoms with van der Waals surface area (Å²) in [6.07, 6.45) is 0. The molecule has 0 bridgehead atoms. The summed E-state index contributed by atoms with van der Waals surface area (Å²) < 4.78 is 4.76. The number of esters is 1. The van der Waals surface area contributed by atoms with E-state index in [1.165, 1.54) is 0 Å². The second kappa shape index (κ2) is 7.29. The van der Waals surface area contributed by atoms with E-state index < -0.39 is 12.0 Å². The maximum atomic E-state index is 12.1. The number of nitriles is 1. The number of aryl methyl sites for hydroxylation is 1. The van der Waals surface area contributed by atoms with Crippen LogP contribution >= 0.6 is 0 Å². The standard InChI is InChI=1S/C15H18N2O3/c1-10(2)13(15(19)20-8-7-16)17-14(18)12-6-4-5-11(3)9-12/h4-6,9-10,13H,8H2,1-3H3,(H,17,18)/t13-/m0/s1. The largest absolute Gasteiger partial charge is 0.449 e. The number of carbonyl (C=O) groups is 2. The minimum atomic E-state index is -0.767. The Morgan fingerprint density at radius 1 is 1.40 bits per heavy atom. The zero-order valence-electron chi connectivity index (χ0n) is 11.8. The van der Waals surface area contributed by atoms with Crippen LogP contribution in [0.3, 0.4) is 0 Å². The van der Waals surface area contributed by atoms with Crippen molar-refractivity contribution < 1.29 is 14.3 Å². The normalized spacial score (nSPS) is 11.6. The Morgan fingerprint density at radius 2 is 2.10 bits per heavy atom. The first kappa shape index (κ1) is 15.7. The molecule has 0 radical (unpaired) electrons. The van der Waals surface area contributed by atoms with Gasteiger partial charge >= 0.3 is 5.97 Å². The number of rotatable bonds is 5. The van der Waals surface area contributed by atoms with E-state index in [9.17, 15) is 9.59 Å². The van der Waals surface area contributed by atoms with Crippen LogP contribution in [0.15, 0.2) is 24.3 Å². The highest BCUT2D eigenvalue weighted by Gasteiger charge is 2.26. The molecule has 0 saturated carbocycles. The Balaban J connectivity index is 2.78. The molecule has 0 aliphatic rings. The second-order valence-corrected chi connectivity index (χ2v) is 4.83. The molecule has 0 spiro atoms. The first-order valence-electron chi connectivity index (χ1n) is 6.36. The Hall–Kier alpha value is -2.35. The number of ether oxygens (including phenoxy) is 1. The van der Waals surface area contributed by atoms with Gasteiger partial charge in [-0.25, -0.2) is 4.79 Å². The van der Waals surface area contributed by atoms with E-state index >= 15 is 0 Å². The van der Waals surface area contributed by atoms with Crippen molar-refractivity contribution in [2.75, 3.05) is 6.61 Å². The summed E-state index contributed by atoms with van der Waals surface area (Å²) in [7, 11) is 0. The molecule has 1 amide bonds. The lowest BCUT2D eigenvalue weighted by Crippen LogP contribution is -2.45. The summed E-state index contributed by atoms with van der Waals surface area (Å²) >= 11 is 0. The Labute approximate surface area is 118 Å². The lowest BCUT2D eigenvalue weighted by molar-refractivity contribution is -0.145. The zero-order valence-corrected chi connectivity index (χ0v) is 11.8. The van der Waals surface area contributed by atoms with Gasteiger partial charge in [-0.2, -0.15) is 5.26 Å². The van der Waals surface area contributed by atoms with Crippen LogP contribution in [0.2, 0.25) is 0 Å². The van der Waals surface area contributed by atoms with Crippen LogP contribution in [-0.4, -0.2) is 24.5 Å². The highest BCUT2D eigenvalue weighted by Crippen LogP contribution is 2.08. The van der Waals surface area contributed by atoms with E-state index in [1.807, 2.05) is 13.0 Å². The molecule has 5 nitrogen and oxygen atoms in total. The van der Waals surface area contributed by atoms with Gasteiger partial charge < -0.3 is 10.1 Å². The van der Waals surface area contributed by atoms with E-state index in [0.717, 1.165) is 5.56 Å². The predicted octanol–water partition coefficient (Wildman–Crippen LogP) is 1.82. The van der Waals surface area contributed by atoms with Gasteiger partial charge in [0.25, 0.3) is 5.91 Å². The molecule has 0 aliphatic carbocycles. The van der Waals surface area contributed by atoms with Gasteiger partial charge in [-0.15, -0.1) is 0 Å². The van der Waals surface area contributed by atoms with Gasteiger partial charge in [0.05, 0.1) is 0 Å². The molecule has 1 aromatic carbocycles. The molecule has 1 N–H and O–H groups in total. The summed E-state index contributed by atoms with van der Waals surface area (Å²) in [5, 5.41) is 11.1. The first-order chi connectivity index (χ1) is 9.45. The fraction of sp³-hybridized carbons (Fsp3) is 0.400. The Kier molecular flexibility index (Phi) is 5.73. The molecule has 0 aliphatic heterocycles. The van der Waals surface area contributed by atoms with Crippen molar-refractivity contribution in [1.82, 2.24) is 5.32 Å². The van der Waals surface area contributed by atoms with Crippen molar-refractivity contribution in [3.05, 3.63) is 35.4 Å². The van der Waals surface area contributed by atoms with E-state index in [0.29, 0.717) is 5.56 Å². The summed E-state index contributed by atoms with van der Waals surface area (Å²) in [6.45, 7) is 5.17. The number of amides is 1. The molecular formula is C15H18N2O3. The van der Waals surface area contributed by atoms with Crippen LogP contribution < -0.4 is 5.32 Å². The van der Waals surface area contributed by atoms with E-state index in [4.69, 9.17) is 10.00 Å². The maximum absolute atomic E-state index is 12.1. The second-order valence-electron chi connectivity index (χ2n) is 4.83. The summed E-state index contributed by atoms with van der Waals surface area (Å²) in [5.74, 6) is -1.06. The van der Waals surface area contributed by atoms with Crippen molar-refractivity contribution in [2.45, 2.75) is 26.8 Å². The lowest BCUT2D eigenvalue weighted by atomic mass is 10.0. The average Bonchev–Trinajstić information content (AvgIpc) is 2.41. The summed E-state index contributed by atoms with van der Waals surface area (Å²) in [5.41, 5.74) is 1.45. The molecule has 5 heteroatoms. The van der Waals surface area contributed by atoms with Crippen LogP contribution in [-0.2, 0) is 9.53 Å². The van der Waals surface area contributed by atoms with Crippen molar-refractivity contribution in [1.29, 1.82) is 5.26 Å². The monoisotopic (exact) mass is 274 g/mol. The van der Waals surface area contributed by atoms with Crippen molar-refractivity contribution in [3.63, 3.8) is 0 Å². The van der Waals surface area contributed by atoms with E-state index in [2.05, 4.69) is 5.32 Å². The molecule has 106 valence electrons. The van der Waals surface area contributed by atoms with Gasteiger partial charge in [0.2, 0.25) is 0 Å². The lowest BCUT2D eigenvalue weighted by Gasteiger charge is -2.20. The molecule has 20 heavy (non-hydrogen) atoms. The molecule has 0 fully saturated rings. The molecule has 1 atom stereocenters. The van der Waals surface area contributed by atoms with Crippen LogP contribution in [0.1, 0.15) is 29.8 Å². The fourth-order valence-corrected chi connectivity index (χ4v) is 1.70. The zero-order chi connectivity index (χ0) is 15.1. The predicted molar refractivity (Wildman–Crippen MR) is 73.8 cm³/mol. The smallest absolute Gasteiger partial charge is 0.329 e.